The van der Waals surface area contributed by atoms with Crippen LogP contribution in [-0.4, -0.2) is 23.5 Å². The summed E-state index contributed by atoms with van der Waals surface area (Å²) in [4.78, 5) is 11.7. The van der Waals surface area contributed by atoms with Crippen molar-refractivity contribution in [2.24, 2.45) is 0 Å². The predicted octanol–water partition coefficient (Wildman–Crippen LogP) is 3.86. The number of carbonyl (C=O) groups excluding carboxylic acids is 1. The van der Waals surface area contributed by atoms with Gasteiger partial charge in [0.1, 0.15) is 11.6 Å². The van der Waals surface area contributed by atoms with Crippen molar-refractivity contribution in [1.29, 1.82) is 0 Å². The summed E-state index contributed by atoms with van der Waals surface area (Å²) in [6, 6.07) is 8.35. The van der Waals surface area contributed by atoms with Crippen LogP contribution >= 0.6 is 34.8 Å². The van der Waals surface area contributed by atoms with Gasteiger partial charge >= 0.3 is 0 Å². The van der Waals surface area contributed by atoms with Gasteiger partial charge in [0, 0.05) is 5.56 Å². The second kappa shape index (κ2) is 7.45. The standard InChI is InChI=1S/C15H10Cl3F2NO3S/c16-15(17,18)14(21-13(22)9-4-6-10(19)7-5-9)25(23,24)12-3-1-2-11(20)8-12/h1-8,14H,(H,21,22). The molecule has 1 amide bonds. The van der Waals surface area contributed by atoms with E-state index in [1.165, 1.54) is 6.07 Å². The van der Waals surface area contributed by atoms with E-state index in [9.17, 15) is 22.0 Å². The fraction of sp³-hybridized carbons (Fsp3) is 0.133. The Morgan fingerprint density at radius 1 is 1.00 bits per heavy atom. The monoisotopic (exact) mass is 427 g/mol. The molecule has 134 valence electrons. The first-order valence-electron chi connectivity index (χ1n) is 6.64. The van der Waals surface area contributed by atoms with E-state index in [0.29, 0.717) is 0 Å². The number of amides is 1. The van der Waals surface area contributed by atoms with Gasteiger partial charge in [-0.2, -0.15) is 0 Å². The van der Waals surface area contributed by atoms with Crippen molar-refractivity contribution >= 4 is 50.5 Å². The average molecular weight is 429 g/mol. The Labute approximate surface area is 157 Å². The smallest absolute Gasteiger partial charge is 0.252 e. The zero-order valence-electron chi connectivity index (χ0n) is 12.2. The number of hydrogen-bond acceptors (Lipinski definition) is 3. The lowest BCUT2D eigenvalue weighted by Crippen LogP contribution is -2.49. The number of alkyl halides is 3. The first kappa shape index (κ1) is 19.9. The highest BCUT2D eigenvalue weighted by Crippen LogP contribution is 2.36. The normalized spacial score (nSPS) is 13.3. The molecular weight excluding hydrogens is 419 g/mol. The van der Waals surface area contributed by atoms with Crippen molar-refractivity contribution in [2.75, 3.05) is 0 Å². The fourth-order valence-electron chi connectivity index (χ4n) is 1.92. The Morgan fingerprint density at radius 2 is 1.60 bits per heavy atom. The lowest BCUT2D eigenvalue weighted by Gasteiger charge is -2.25. The molecule has 1 unspecified atom stereocenters. The Balaban J connectivity index is 2.40. The Hall–Kier alpha value is -1.41. The van der Waals surface area contributed by atoms with Gasteiger partial charge in [0.15, 0.2) is 5.37 Å². The van der Waals surface area contributed by atoms with E-state index in [0.717, 1.165) is 42.5 Å². The number of sulfone groups is 1. The molecule has 0 aliphatic carbocycles. The summed E-state index contributed by atoms with van der Waals surface area (Å²) in [5.74, 6) is -2.30. The molecule has 1 N–H and O–H groups in total. The van der Waals surface area contributed by atoms with Gasteiger partial charge < -0.3 is 5.32 Å². The van der Waals surface area contributed by atoms with Gasteiger partial charge in [-0.25, -0.2) is 17.2 Å². The minimum Gasteiger partial charge on any atom is -0.332 e. The summed E-state index contributed by atoms with van der Waals surface area (Å²) in [7, 11) is -4.43. The number of carbonyl (C=O) groups is 1. The number of rotatable bonds is 4. The Bertz CT molecular complexity index is 884. The third-order valence-corrected chi connectivity index (χ3v) is 6.15. The SMILES string of the molecule is O=C(NC(C(Cl)(Cl)Cl)S(=O)(=O)c1cccc(F)c1)c1ccc(F)cc1. The number of benzene rings is 2. The molecule has 1 atom stereocenters. The second-order valence-corrected chi connectivity index (χ2v) is 9.31. The molecule has 2 aromatic carbocycles. The molecule has 0 aromatic heterocycles. The Kier molecular flexibility index (Phi) is 5.93. The van der Waals surface area contributed by atoms with Gasteiger partial charge in [0.2, 0.25) is 13.6 Å². The molecule has 4 nitrogen and oxygen atoms in total. The third kappa shape index (κ3) is 4.82. The van der Waals surface area contributed by atoms with Crippen molar-refractivity contribution in [3.05, 3.63) is 65.7 Å². The first-order chi connectivity index (χ1) is 11.5. The van der Waals surface area contributed by atoms with Crippen LogP contribution in [-0.2, 0) is 9.84 Å². The minimum absolute atomic E-state index is 0.0462. The van der Waals surface area contributed by atoms with E-state index < -0.39 is 41.4 Å². The maximum atomic E-state index is 13.3. The van der Waals surface area contributed by atoms with Crippen LogP contribution < -0.4 is 5.32 Å². The summed E-state index contributed by atoms with van der Waals surface area (Å²) in [5, 5.41) is 0.0873. The third-order valence-electron chi connectivity index (χ3n) is 3.10. The predicted molar refractivity (Wildman–Crippen MR) is 91.5 cm³/mol. The number of halogens is 5. The molecule has 0 radical (unpaired) electrons. The maximum absolute atomic E-state index is 13.3. The van der Waals surface area contributed by atoms with E-state index >= 15 is 0 Å². The number of nitrogens with one attached hydrogen (secondary N) is 1. The zero-order valence-corrected chi connectivity index (χ0v) is 15.3. The van der Waals surface area contributed by atoms with Gasteiger partial charge in [0.25, 0.3) is 5.91 Å². The summed E-state index contributed by atoms with van der Waals surface area (Å²) in [6.45, 7) is 0. The molecule has 10 heteroatoms. The van der Waals surface area contributed by atoms with Crippen molar-refractivity contribution in [2.45, 2.75) is 14.1 Å². The van der Waals surface area contributed by atoms with Crippen LogP contribution in [0.2, 0.25) is 0 Å². The van der Waals surface area contributed by atoms with E-state index in [4.69, 9.17) is 34.8 Å². The van der Waals surface area contributed by atoms with Crippen LogP contribution in [0.15, 0.2) is 53.4 Å². The fourth-order valence-corrected chi connectivity index (χ4v) is 4.57. The van der Waals surface area contributed by atoms with E-state index in [1.54, 1.807) is 0 Å². The molecule has 0 saturated heterocycles. The van der Waals surface area contributed by atoms with Crippen molar-refractivity contribution in [1.82, 2.24) is 5.32 Å². The summed E-state index contributed by atoms with van der Waals surface area (Å²) < 4.78 is 49.1. The van der Waals surface area contributed by atoms with Gasteiger partial charge in [-0.3, -0.25) is 4.79 Å². The molecule has 0 spiro atoms. The molecule has 0 saturated carbocycles. The molecule has 2 rings (SSSR count). The van der Waals surface area contributed by atoms with Gasteiger partial charge in [-0.15, -0.1) is 0 Å². The second-order valence-electron chi connectivity index (χ2n) is 4.90. The molecule has 0 aliphatic heterocycles. The van der Waals surface area contributed by atoms with Crippen LogP contribution in [0.25, 0.3) is 0 Å². The lowest BCUT2D eigenvalue weighted by atomic mass is 10.2. The Morgan fingerprint density at radius 3 is 2.12 bits per heavy atom. The van der Waals surface area contributed by atoms with Gasteiger partial charge in [0.05, 0.1) is 4.90 Å². The number of hydrogen-bond donors (Lipinski definition) is 1. The van der Waals surface area contributed by atoms with Crippen molar-refractivity contribution in [3.63, 3.8) is 0 Å². The molecular formula is C15H10Cl3F2NO3S. The highest BCUT2D eigenvalue weighted by Gasteiger charge is 2.44. The van der Waals surface area contributed by atoms with Crippen LogP contribution in [0.3, 0.4) is 0 Å². The van der Waals surface area contributed by atoms with Crippen LogP contribution in [0.4, 0.5) is 8.78 Å². The lowest BCUT2D eigenvalue weighted by molar-refractivity contribution is 0.0948. The van der Waals surface area contributed by atoms with Crippen LogP contribution in [0.5, 0.6) is 0 Å². The van der Waals surface area contributed by atoms with Crippen LogP contribution in [0.1, 0.15) is 10.4 Å². The largest absolute Gasteiger partial charge is 0.332 e. The van der Waals surface area contributed by atoms with E-state index in [2.05, 4.69) is 5.32 Å². The van der Waals surface area contributed by atoms with Crippen LogP contribution in [0, 0.1) is 11.6 Å². The van der Waals surface area contributed by atoms with Gasteiger partial charge in [-0.1, -0.05) is 40.9 Å². The van der Waals surface area contributed by atoms with E-state index in [1.807, 2.05) is 0 Å². The first-order valence-corrected chi connectivity index (χ1v) is 9.32. The molecule has 25 heavy (non-hydrogen) atoms. The summed E-state index contributed by atoms with van der Waals surface area (Å²) in [5.41, 5.74) is -0.0462. The summed E-state index contributed by atoms with van der Waals surface area (Å²) in [6.07, 6.45) is 0. The van der Waals surface area contributed by atoms with Gasteiger partial charge in [-0.05, 0) is 42.5 Å². The summed E-state index contributed by atoms with van der Waals surface area (Å²) >= 11 is 17.1. The highest BCUT2D eigenvalue weighted by molar-refractivity contribution is 7.92. The van der Waals surface area contributed by atoms with Crippen molar-refractivity contribution in [3.8, 4) is 0 Å². The van der Waals surface area contributed by atoms with E-state index in [-0.39, 0.29) is 5.56 Å². The quantitative estimate of drug-likeness (QED) is 0.752. The topological polar surface area (TPSA) is 63.2 Å². The molecule has 0 fully saturated rings. The van der Waals surface area contributed by atoms with Crippen molar-refractivity contribution < 1.29 is 22.0 Å². The maximum Gasteiger partial charge on any atom is 0.252 e. The highest BCUT2D eigenvalue weighted by atomic mass is 35.6. The molecule has 0 heterocycles. The molecule has 2 aromatic rings. The minimum atomic E-state index is -4.43. The average Bonchev–Trinajstić information content (AvgIpc) is 2.51. The zero-order chi connectivity index (χ0) is 18.8. The molecule has 0 aliphatic rings. The molecule has 0 bridgehead atoms.